The highest BCUT2D eigenvalue weighted by molar-refractivity contribution is 9.15. The van der Waals surface area contributed by atoms with Gasteiger partial charge in [0.25, 0.3) is 0 Å². The zero-order valence-corrected chi connectivity index (χ0v) is 10.0. The number of carbonyl (C=O) groups excluding carboxylic acids is 1. The summed E-state index contributed by atoms with van der Waals surface area (Å²) in [5, 5.41) is 0. The third-order valence-electron chi connectivity index (χ3n) is 2.64. The molecule has 0 fully saturated rings. The lowest BCUT2D eigenvalue weighted by atomic mass is 9.92. The summed E-state index contributed by atoms with van der Waals surface area (Å²) in [4.78, 5) is 10.8. The molecule has 0 bridgehead atoms. The molecule has 1 aromatic carbocycles. The summed E-state index contributed by atoms with van der Waals surface area (Å²) in [7, 11) is 1.64. The molecule has 0 radical (unpaired) electrons. The maximum absolute atomic E-state index is 10.8. The zero-order chi connectivity index (χ0) is 10.8. The number of ether oxygens (including phenoxy) is 1. The van der Waals surface area contributed by atoms with E-state index < -0.39 is 0 Å². The topological polar surface area (TPSA) is 26.3 Å². The quantitative estimate of drug-likeness (QED) is 0.770. The fourth-order valence-electron chi connectivity index (χ4n) is 1.77. The van der Waals surface area contributed by atoms with Crippen molar-refractivity contribution >= 4 is 26.7 Å². The van der Waals surface area contributed by atoms with Crippen molar-refractivity contribution in [1.29, 1.82) is 0 Å². The van der Waals surface area contributed by atoms with E-state index in [0.717, 1.165) is 40.5 Å². The highest BCUT2D eigenvalue weighted by Crippen LogP contribution is 2.36. The first kappa shape index (κ1) is 10.4. The minimum Gasteiger partial charge on any atom is -0.497 e. The largest absolute Gasteiger partial charge is 0.497 e. The number of carbonyl (C=O) groups is 1. The van der Waals surface area contributed by atoms with Gasteiger partial charge < -0.3 is 4.74 Å². The molecule has 2 nitrogen and oxygen atoms in total. The first-order chi connectivity index (χ1) is 7.26. The van der Waals surface area contributed by atoms with Gasteiger partial charge in [-0.05, 0) is 52.0 Å². The van der Waals surface area contributed by atoms with E-state index in [1.807, 2.05) is 12.1 Å². The number of allylic oxidation sites excluding steroid dienone is 1. The minimum absolute atomic E-state index is 0.809. The van der Waals surface area contributed by atoms with Crippen LogP contribution in [0.15, 0.2) is 23.8 Å². The molecule has 1 aromatic rings. The third-order valence-corrected chi connectivity index (χ3v) is 3.58. The van der Waals surface area contributed by atoms with E-state index in [1.165, 1.54) is 5.56 Å². The molecule has 0 aliphatic heterocycles. The summed E-state index contributed by atoms with van der Waals surface area (Å²) in [6.45, 7) is 0. The molecule has 0 saturated heterocycles. The molecule has 78 valence electrons. The fraction of sp³-hybridized carbons (Fsp3) is 0.250. The minimum atomic E-state index is 0.809. The molecule has 15 heavy (non-hydrogen) atoms. The number of halogens is 1. The van der Waals surface area contributed by atoms with Gasteiger partial charge in [0.05, 0.1) is 7.11 Å². The third kappa shape index (κ3) is 1.84. The average Bonchev–Trinajstić information content (AvgIpc) is 2.29. The van der Waals surface area contributed by atoms with Gasteiger partial charge in [0.15, 0.2) is 0 Å². The first-order valence-electron chi connectivity index (χ1n) is 4.77. The van der Waals surface area contributed by atoms with Crippen LogP contribution in [0.3, 0.4) is 0 Å². The van der Waals surface area contributed by atoms with Crippen molar-refractivity contribution in [3.8, 4) is 5.75 Å². The number of fused-ring (bicyclic) bond motifs is 1. The molecular formula is C12H11BrO2. The van der Waals surface area contributed by atoms with Crippen molar-refractivity contribution in [1.82, 2.24) is 0 Å². The Hall–Kier alpha value is -1.09. The lowest BCUT2D eigenvalue weighted by molar-refractivity contribution is -0.105. The molecule has 1 aliphatic rings. The summed E-state index contributed by atoms with van der Waals surface area (Å²) in [6, 6.07) is 5.96. The van der Waals surface area contributed by atoms with Crippen molar-refractivity contribution in [2.75, 3.05) is 7.11 Å². The number of rotatable bonds is 2. The summed E-state index contributed by atoms with van der Waals surface area (Å²) < 4.78 is 6.07. The Morgan fingerprint density at radius 2 is 2.20 bits per heavy atom. The lowest BCUT2D eigenvalue weighted by Gasteiger charge is -2.17. The molecule has 0 atom stereocenters. The van der Waals surface area contributed by atoms with Crippen molar-refractivity contribution in [3.63, 3.8) is 0 Å². The van der Waals surface area contributed by atoms with Crippen LogP contribution in [-0.2, 0) is 11.2 Å². The predicted molar refractivity (Wildman–Crippen MR) is 63.2 cm³/mol. The maximum atomic E-state index is 10.8. The number of hydrogen-bond acceptors (Lipinski definition) is 2. The Balaban J connectivity index is 2.55. The van der Waals surface area contributed by atoms with E-state index in [2.05, 4.69) is 22.0 Å². The summed E-state index contributed by atoms with van der Waals surface area (Å²) in [6.07, 6.45) is 2.65. The SMILES string of the molecule is COc1ccc2c(c1)C(Br)=C(C=O)CC2. The van der Waals surface area contributed by atoms with Gasteiger partial charge in [0.2, 0.25) is 0 Å². The van der Waals surface area contributed by atoms with Crippen LogP contribution >= 0.6 is 15.9 Å². The van der Waals surface area contributed by atoms with Crippen molar-refractivity contribution < 1.29 is 9.53 Å². The number of benzene rings is 1. The second-order valence-electron chi connectivity index (χ2n) is 3.48. The van der Waals surface area contributed by atoms with Crippen molar-refractivity contribution in [2.45, 2.75) is 12.8 Å². The Morgan fingerprint density at radius 3 is 2.87 bits per heavy atom. The van der Waals surface area contributed by atoms with E-state index in [4.69, 9.17) is 4.74 Å². The summed E-state index contributed by atoms with van der Waals surface area (Å²) in [5.41, 5.74) is 3.16. The van der Waals surface area contributed by atoms with Gasteiger partial charge in [-0.1, -0.05) is 6.07 Å². The van der Waals surface area contributed by atoms with Gasteiger partial charge in [0.1, 0.15) is 12.0 Å². The second kappa shape index (κ2) is 4.19. The van der Waals surface area contributed by atoms with Gasteiger partial charge >= 0.3 is 0 Å². The highest BCUT2D eigenvalue weighted by atomic mass is 79.9. The van der Waals surface area contributed by atoms with Gasteiger partial charge in [-0.2, -0.15) is 0 Å². The predicted octanol–water partition coefficient (Wildman–Crippen LogP) is 2.95. The Kier molecular flexibility index (Phi) is 2.91. The van der Waals surface area contributed by atoms with Gasteiger partial charge in [-0.15, -0.1) is 0 Å². The van der Waals surface area contributed by atoms with E-state index >= 15 is 0 Å². The van der Waals surface area contributed by atoms with Crippen LogP contribution in [0.25, 0.3) is 4.48 Å². The van der Waals surface area contributed by atoms with Crippen LogP contribution in [0.4, 0.5) is 0 Å². The van der Waals surface area contributed by atoms with Crippen LogP contribution in [0, 0.1) is 0 Å². The van der Waals surface area contributed by atoms with E-state index in [1.54, 1.807) is 7.11 Å². The van der Waals surface area contributed by atoms with Crippen LogP contribution in [0.1, 0.15) is 17.5 Å². The van der Waals surface area contributed by atoms with Gasteiger partial charge in [-0.3, -0.25) is 4.79 Å². The second-order valence-corrected chi connectivity index (χ2v) is 4.27. The highest BCUT2D eigenvalue weighted by Gasteiger charge is 2.17. The monoisotopic (exact) mass is 266 g/mol. The standard InChI is InChI=1S/C12H11BrO2/c1-15-10-5-4-8-2-3-9(7-14)12(13)11(8)6-10/h4-7H,2-3H2,1H3. The lowest BCUT2D eigenvalue weighted by Crippen LogP contribution is -2.03. The Morgan fingerprint density at radius 1 is 1.40 bits per heavy atom. The zero-order valence-electron chi connectivity index (χ0n) is 8.42. The van der Waals surface area contributed by atoms with Crippen LogP contribution in [-0.4, -0.2) is 13.4 Å². The Bertz CT molecular complexity index is 435. The fourth-order valence-corrected chi connectivity index (χ4v) is 2.43. The molecule has 0 saturated carbocycles. The molecule has 0 amide bonds. The van der Waals surface area contributed by atoms with Gasteiger partial charge in [-0.25, -0.2) is 0 Å². The smallest absolute Gasteiger partial charge is 0.147 e. The summed E-state index contributed by atoms with van der Waals surface area (Å²) >= 11 is 3.47. The maximum Gasteiger partial charge on any atom is 0.147 e. The number of methoxy groups -OCH3 is 1. The number of aryl methyl sites for hydroxylation is 1. The van der Waals surface area contributed by atoms with Crippen LogP contribution in [0.5, 0.6) is 5.75 Å². The molecular weight excluding hydrogens is 256 g/mol. The molecule has 0 heterocycles. The first-order valence-corrected chi connectivity index (χ1v) is 5.56. The Labute approximate surface area is 97.1 Å². The van der Waals surface area contributed by atoms with E-state index in [-0.39, 0.29) is 0 Å². The summed E-state index contributed by atoms with van der Waals surface area (Å²) in [5.74, 6) is 0.817. The normalized spacial score (nSPS) is 14.8. The molecule has 0 N–H and O–H groups in total. The molecule has 2 rings (SSSR count). The molecule has 0 unspecified atom stereocenters. The van der Waals surface area contributed by atoms with E-state index in [0.29, 0.717) is 0 Å². The van der Waals surface area contributed by atoms with Crippen molar-refractivity contribution in [3.05, 3.63) is 34.9 Å². The number of aldehydes is 1. The van der Waals surface area contributed by atoms with Gasteiger partial charge in [0, 0.05) is 10.1 Å². The average molecular weight is 267 g/mol. The number of hydrogen-bond donors (Lipinski definition) is 0. The molecule has 0 spiro atoms. The van der Waals surface area contributed by atoms with Crippen molar-refractivity contribution in [2.24, 2.45) is 0 Å². The van der Waals surface area contributed by atoms with E-state index in [9.17, 15) is 4.79 Å². The van der Waals surface area contributed by atoms with Crippen LogP contribution in [0.2, 0.25) is 0 Å². The molecule has 1 aliphatic carbocycles. The molecule has 3 heteroatoms. The molecule has 0 aromatic heterocycles. The van der Waals surface area contributed by atoms with Crippen LogP contribution < -0.4 is 4.74 Å².